The van der Waals surface area contributed by atoms with Gasteiger partial charge in [-0.05, 0) is 36.2 Å². The van der Waals surface area contributed by atoms with Crippen LogP contribution in [0.15, 0.2) is 18.2 Å². The molecule has 2 heterocycles. The fourth-order valence-electron chi connectivity index (χ4n) is 3.02. The quantitative estimate of drug-likeness (QED) is 0.824. The highest BCUT2D eigenvalue weighted by Gasteiger charge is 2.23. The normalized spacial score (nSPS) is 18.3. The maximum absolute atomic E-state index is 12.6. The second-order valence-corrected chi connectivity index (χ2v) is 5.71. The van der Waals surface area contributed by atoms with E-state index in [0.29, 0.717) is 26.2 Å². The summed E-state index contributed by atoms with van der Waals surface area (Å²) in [7, 11) is 0. The lowest BCUT2D eigenvalue weighted by Crippen LogP contribution is -2.50. The minimum atomic E-state index is 0.0755. The highest BCUT2D eigenvalue weighted by atomic mass is 16.2. The number of fused-ring (bicyclic) bond motifs is 1. The molecule has 1 aromatic carbocycles. The van der Waals surface area contributed by atoms with E-state index in [2.05, 4.69) is 11.4 Å². The van der Waals surface area contributed by atoms with Crippen molar-refractivity contribution in [2.75, 3.05) is 32.7 Å². The molecule has 1 saturated heterocycles. The first-order valence-electron chi connectivity index (χ1n) is 7.52. The van der Waals surface area contributed by atoms with Crippen LogP contribution in [0.2, 0.25) is 0 Å². The van der Waals surface area contributed by atoms with Crippen molar-refractivity contribution in [1.82, 2.24) is 15.1 Å². The SMILES string of the molecule is CC(=O)N1CCN(C(=O)c2ccc3c(c2)CNCC3)CC1. The first-order valence-corrected chi connectivity index (χ1v) is 7.52. The molecule has 1 aromatic rings. The Balaban J connectivity index is 1.70. The van der Waals surface area contributed by atoms with E-state index in [1.54, 1.807) is 11.8 Å². The third kappa shape index (κ3) is 2.93. The lowest BCUT2D eigenvalue weighted by Gasteiger charge is -2.34. The molecule has 0 radical (unpaired) electrons. The number of carbonyl (C=O) groups is 2. The minimum absolute atomic E-state index is 0.0755. The summed E-state index contributed by atoms with van der Waals surface area (Å²) in [6.45, 7) is 5.93. The molecule has 0 unspecified atom stereocenters. The second-order valence-electron chi connectivity index (χ2n) is 5.71. The van der Waals surface area contributed by atoms with Crippen molar-refractivity contribution in [3.8, 4) is 0 Å². The summed E-state index contributed by atoms with van der Waals surface area (Å²) >= 11 is 0. The Morgan fingerprint density at radius 3 is 2.48 bits per heavy atom. The number of amides is 2. The zero-order valence-electron chi connectivity index (χ0n) is 12.4. The summed E-state index contributed by atoms with van der Waals surface area (Å²) < 4.78 is 0. The zero-order valence-corrected chi connectivity index (χ0v) is 12.4. The summed E-state index contributed by atoms with van der Waals surface area (Å²) in [6.07, 6.45) is 1.03. The average Bonchev–Trinajstić information content (AvgIpc) is 2.54. The van der Waals surface area contributed by atoms with Gasteiger partial charge in [-0.25, -0.2) is 0 Å². The van der Waals surface area contributed by atoms with Crippen LogP contribution in [0.1, 0.15) is 28.4 Å². The van der Waals surface area contributed by atoms with E-state index in [9.17, 15) is 9.59 Å². The van der Waals surface area contributed by atoms with Crippen LogP contribution in [0, 0.1) is 0 Å². The van der Waals surface area contributed by atoms with Crippen LogP contribution < -0.4 is 5.32 Å². The molecule has 5 nitrogen and oxygen atoms in total. The van der Waals surface area contributed by atoms with E-state index in [-0.39, 0.29) is 11.8 Å². The zero-order chi connectivity index (χ0) is 14.8. The standard InChI is InChI=1S/C16H21N3O2/c1-12(20)18-6-8-19(9-7-18)16(21)14-3-2-13-4-5-17-11-15(13)10-14/h2-3,10,17H,4-9,11H2,1H3. The molecule has 0 atom stereocenters. The van der Waals surface area contributed by atoms with Crippen LogP contribution in [0.4, 0.5) is 0 Å². The molecular weight excluding hydrogens is 266 g/mol. The van der Waals surface area contributed by atoms with Crippen molar-refractivity contribution >= 4 is 11.8 Å². The monoisotopic (exact) mass is 287 g/mol. The lowest BCUT2D eigenvalue weighted by molar-refractivity contribution is -0.130. The van der Waals surface area contributed by atoms with Gasteiger partial charge in [-0.3, -0.25) is 9.59 Å². The Hall–Kier alpha value is -1.88. The summed E-state index contributed by atoms with van der Waals surface area (Å²) in [4.78, 5) is 27.5. The average molecular weight is 287 g/mol. The third-order valence-corrected chi connectivity index (χ3v) is 4.35. The maximum Gasteiger partial charge on any atom is 0.253 e. The van der Waals surface area contributed by atoms with Crippen molar-refractivity contribution < 1.29 is 9.59 Å². The van der Waals surface area contributed by atoms with E-state index in [1.165, 1.54) is 11.1 Å². The van der Waals surface area contributed by atoms with Crippen LogP contribution in [-0.4, -0.2) is 54.3 Å². The molecule has 2 aliphatic heterocycles. The van der Waals surface area contributed by atoms with E-state index in [4.69, 9.17) is 0 Å². The van der Waals surface area contributed by atoms with Crippen LogP contribution in [0.3, 0.4) is 0 Å². The molecule has 1 fully saturated rings. The Morgan fingerprint density at radius 2 is 1.76 bits per heavy atom. The molecule has 0 spiro atoms. The molecule has 2 amide bonds. The lowest BCUT2D eigenvalue weighted by atomic mass is 9.98. The van der Waals surface area contributed by atoms with Crippen molar-refractivity contribution in [3.05, 3.63) is 34.9 Å². The highest BCUT2D eigenvalue weighted by molar-refractivity contribution is 5.94. The summed E-state index contributed by atoms with van der Waals surface area (Å²) in [6, 6.07) is 6.03. The maximum atomic E-state index is 12.6. The largest absolute Gasteiger partial charge is 0.339 e. The predicted molar refractivity (Wildman–Crippen MR) is 80.0 cm³/mol. The Labute approximate surface area is 124 Å². The smallest absolute Gasteiger partial charge is 0.253 e. The topological polar surface area (TPSA) is 52.7 Å². The molecule has 1 N–H and O–H groups in total. The highest BCUT2D eigenvalue weighted by Crippen LogP contribution is 2.17. The van der Waals surface area contributed by atoms with Gasteiger partial charge >= 0.3 is 0 Å². The molecule has 0 saturated carbocycles. The number of piperazine rings is 1. The number of nitrogens with one attached hydrogen (secondary N) is 1. The minimum Gasteiger partial charge on any atom is -0.339 e. The van der Waals surface area contributed by atoms with E-state index >= 15 is 0 Å². The van der Waals surface area contributed by atoms with Crippen molar-refractivity contribution in [1.29, 1.82) is 0 Å². The van der Waals surface area contributed by atoms with Gasteiger partial charge in [0.2, 0.25) is 5.91 Å². The van der Waals surface area contributed by atoms with Crippen molar-refractivity contribution in [2.45, 2.75) is 19.9 Å². The molecule has 0 aromatic heterocycles. The number of benzene rings is 1. The van der Waals surface area contributed by atoms with Gasteiger partial charge in [-0.1, -0.05) is 6.07 Å². The predicted octanol–water partition coefficient (Wildman–Crippen LogP) is 0.637. The van der Waals surface area contributed by atoms with Gasteiger partial charge in [0.25, 0.3) is 5.91 Å². The summed E-state index contributed by atoms with van der Waals surface area (Å²) in [5, 5.41) is 3.34. The molecule has 2 aliphatic rings. The van der Waals surface area contributed by atoms with E-state index in [0.717, 1.165) is 25.1 Å². The Bertz CT molecular complexity index is 563. The van der Waals surface area contributed by atoms with Crippen molar-refractivity contribution in [2.24, 2.45) is 0 Å². The van der Waals surface area contributed by atoms with Crippen molar-refractivity contribution in [3.63, 3.8) is 0 Å². The fraction of sp³-hybridized carbons (Fsp3) is 0.500. The van der Waals surface area contributed by atoms with E-state index < -0.39 is 0 Å². The number of carbonyl (C=O) groups excluding carboxylic acids is 2. The molecular formula is C16H21N3O2. The fourth-order valence-corrected chi connectivity index (χ4v) is 3.02. The van der Waals surface area contributed by atoms with Gasteiger partial charge in [0.1, 0.15) is 0 Å². The molecule has 3 rings (SSSR count). The Morgan fingerprint density at radius 1 is 1.05 bits per heavy atom. The number of hydrogen-bond donors (Lipinski definition) is 1. The van der Waals surface area contributed by atoms with E-state index in [1.807, 2.05) is 17.0 Å². The van der Waals surface area contributed by atoms with Gasteiger partial charge in [-0.2, -0.15) is 0 Å². The van der Waals surface area contributed by atoms with Crippen LogP contribution in [-0.2, 0) is 17.8 Å². The van der Waals surface area contributed by atoms with Gasteiger partial charge in [-0.15, -0.1) is 0 Å². The summed E-state index contributed by atoms with van der Waals surface area (Å²) in [5.41, 5.74) is 3.33. The third-order valence-electron chi connectivity index (χ3n) is 4.35. The number of rotatable bonds is 1. The van der Waals surface area contributed by atoms with Crippen LogP contribution >= 0.6 is 0 Å². The molecule has 112 valence electrons. The molecule has 21 heavy (non-hydrogen) atoms. The van der Waals surface area contributed by atoms with Gasteiger partial charge < -0.3 is 15.1 Å². The number of hydrogen-bond acceptors (Lipinski definition) is 3. The second kappa shape index (κ2) is 5.85. The Kier molecular flexibility index (Phi) is 3.92. The first kappa shape index (κ1) is 14.1. The first-order chi connectivity index (χ1) is 10.1. The number of nitrogens with zero attached hydrogens (tertiary/aromatic N) is 2. The van der Waals surface area contributed by atoms with Crippen LogP contribution in [0.25, 0.3) is 0 Å². The molecule has 0 bridgehead atoms. The van der Waals surface area contributed by atoms with Crippen LogP contribution in [0.5, 0.6) is 0 Å². The molecule has 0 aliphatic carbocycles. The van der Waals surface area contributed by atoms with Gasteiger partial charge in [0.15, 0.2) is 0 Å². The summed E-state index contributed by atoms with van der Waals surface area (Å²) in [5.74, 6) is 0.161. The van der Waals surface area contributed by atoms with Gasteiger partial charge in [0.05, 0.1) is 0 Å². The molecule has 5 heteroatoms. The van der Waals surface area contributed by atoms with Gasteiger partial charge in [0, 0.05) is 45.2 Å².